The van der Waals surface area contributed by atoms with E-state index in [1.54, 1.807) is 0 Å². The average molecular weight is 237 g/mol. The Bertz CT molecular complexity index is 118. The molecule has 1 aliphatic rings. The highest BCUT2D eigenvalue weighted by molar-refractivity contribution is 14.1. The summed E-state index contributed by atoms with van der Waals surface area (Å²) in [6, 6.07) is 0. The first-order valence-corrected chi connectivity index (χ1v) is 4.33. The van der Waals surface area contributed by atoms with E-state index in [-0.39, 0.29) is 0 Å². The van der Waals surface area contributed by atoms with Gasteiger partial charge in [-0.2, -0.15) is 0 Å². The highest BCUT2D eigenvalue weighted by Gasteiger charge is 2.18. The molecule has 1 nitrogen and oxygen atoms in total. The summed E-state index contributed by atoms with van der Waals surface area (Å²) in [5.74, 6) is 0. The third-order valence-corrected chi connectivity index (χ3v) is 2.29. The van der Waals surface area contributed by atoms with Gasteiger partial charge >= 0.3 is 0 Å². The Balaban J connectivity index is 2.48. The van der Waals surface area contributed by atoms with Crippen molar-refractivity contribution in [1.82, 2.24) is 5.32 Å². The second kappa shape index (κ2) is 3.01. The molecule has 1 aliphatic heterocycles. The summed E-state index contributed by atoms with van der Waals surface area (Å²) in [6.07, 6.45) is 5.65. The average Bonchev–Trinajstić information content (AvgIpc) is 1.92. The summed E-state index contributed by atoms with van der Waals surface area (Å²) in [7, 11) is 0. The van der Waals surface area contributed by atoms with Crippen LogP contribution >= 0.6 is 22.6 Å². The summed E-state index contributed by atoms with van der Waals surface area (Å²) in [4.78, 5) is 0. The van der Waals surface area contributed by atoms with Crippen molar-refractivity contribution in [1.29, 1.82) is 0 Å². The number of hydrogen-bond donors (Lipinski definition) is 1. The van der Waals surface area contributed by atoms with E-state index < -0.39 is 0 Å². The first kappa shape index (κ1) is 7.54. The van der Waals surface area contributed by atoms with Crippen LogP contribution < -0.4 is 5.32 Å². The van der Waals surface area contributed by atoms with Crippen LogP contribution in [0.1, 0.15) is 13.3 Å². The van der Waals surface area contributed by atoms with E-state index in [9.17, 15) is 0 Å². The minimum atomic E-state index is 0.435. The van der Waals surface area contributed by atoms with Gasteiger partial charge in [-0.25, -0.2) is 0 Å². The normalized spacial score (nSPS) is 36.2. The van der Waals surface area contributed by atoms with Crippen molar-refractivity contribution in [2.45, 2.75) is 16.8 Å². The zero-order valence-corrected chi connectivity index (χ0v) is 7.81. The van der Waals surface area contributed by atoms with Gasteiger partial charge in [0.05, 0.1) is 0 Å². The zero-order chi connectivity index (χ0) is 6.74. The molecule has 1 unspecified atom stereocenters. The Morgan fingerprint density at radius 3 is 3.11 bits per heavy atom. The van der Waals surface area contributed by atoms with E-state index in [1.165, 1.54) is 6.42 Å². The standard InChI is InChI=1S/C7H12IN/c1-7(8)4-2-3-5-9-6-7/h2-3,9H,4-6H2,1H3. The van der Waals surface area contributed by atoms with Crippen molar-refractivity contribution < 1.29 is 0 Å². The molecule has 0 aliphatic carbocycles. The van der Waals surface area contributed by atoms with Crippen LogP contribution in [0.3, 0.4) is 0 Å². The fourth-order valence-electron chi connectivity index (χ4n) is 0.901. The molecule has 0 radical (unpaired) electrons. The Kier molecular flexibility index (Phi) is 2.52. The Hall–Kier alpha value is 0.430. The Morgan fingerprint density at radius 2 is 2.33 bits per heavy atom. The van der Waals surface area contributed by atoms with E-state index in [4.69, 9.17) is 0 Å². The van der Waals surface area contributed by atoms with E-state index >= 15 is 0 Å². The number of alkyl halides is 1. The van der Waals surface area contributed by atoms with Crippen molar-refractivity contribution in [3.8, 4) is 0 Å². The predicted molar refractivity (Wildman–Crippen MR) is 49.1 cm³/mol. The summed E-state index contributed by atoms with van der Waals surface area (Å²) >= 11 is 2.50. The quantitative estimate of drug-likeness (QED) is 0.384. The van der Waals surface area contributed by atoms with E-state index in [2.05, 4.69) is 47.0 Å². The smallest absolute Gasteiger partial charge is 0.0353 e. The highest BCUT2D eigenvalue weighted by atomic mass is 127. The number of nitrogens with one attached hydrogen (secondary N) is 1. The maximum Gasteiger partial charge on any atom is 0.0353 e. The Morgan fingerprint density at radius 1 is 1.56 bits per heavy atom. The Labute approximate surface area is 70.0 Å². The fraction of sp³-hybridized carbons (Fsp3) is 0.714. The summed E-state index contributed by atoms with van der Waals surface area (Å²) in [5.41, 5.74) is 0. The molecule has 0 aromatic heterocycles. The molecule has 0 fully saturated rings. The molecule has 0 bridgehead atoms. The maximum atomic E-state index is 3.34. The van der Waals surface area contributed by atoms with Crippen LogP contribution in [0, 0.1) is 0 Å². The van der Waals surface area contributed by atoms with Crippen molar-refractivity contribution in [3.63, 3.8) is 0 Å². The van der Waals surface area contributed by atoms with E-state index in [0.717, 1.165) is 13.1 Å². The number of hydrogen-bond acceptors (Lipinski definition) is 1. The lowest BCUT2D eigenvalue weighted by molar-refractivity contribution is 0.623. The molecule has 0 amide bonds. The van der Waals surface area contributed by atoms with Crippen molar-refractivity contribution in [2.24, 2.45) is 0 Å². The van der Waals surface area contributed by atoms with Crippen molar-refractivity contribution in [2.75, 3.05) is 13.1 Å². The minimum Gasteiger partial charge on any atom is -0.312 e. The van der Waals surface area contributed by atoms with Gasteiger partial charge in [0.15, 0.2) is 0 Å². The SMILES string of the molecule is CC1(I)CC=CCNC1. The molecule has 1 atom stereocenters. The van der Waals surface area contributed by atoms with E-state index in [1.807, 2.05) is 0 Å². The molecule has 2 heteroatoms. The third-order valence-electron chi connectivity index (χ3n) is 1.47. The molecule has 52 valence electrons. The number of halogens is 1. The van der Waals surface area contributed by atoms with Gasteiger partial charge in [0, 0.05) is 16.5 Å². The van der Waals surface area contributed by atoms with Crippen LogP contribution in [0.2, 0.25) is 0 Å². The van der Waals surface area contributed by atoms with Crippen LogP contribution in [0.25, 0.3) is 0 Å². The highest BCUT2D eigenvalue weighted by Crippen LogP contribution is 2.22. The molecule has 1 N–H and O–H groups in total. The van der Waals surface area contributed by atoms with Gasteiger partial charge in [-0.15, -0.1) is 0 Å². The monoisotopic (exact) mass is 237 g/mol. The maximum absolute atomic E-state index is 3.34. The lowest BCUT2D eigenvalue weighted by Crippen LogP contribution is -2.30. The molecule has 9 heavy (non-hydrogen) atoms. The summed E-state index contributed by atoms with van der Waals surface area (Å²) in [5, 5.41) is 3.34. The molecule has 1 heterocycles. The topological polar surface area (TPSA) is 12.0 Å². The molecule has 0 spiro atoms. The van der Waals surface area contributed by atoms with Crippen LogP contribution in [0.4, 0.5) is 0 Å². The number of rotatable bonds is 0. The van der Waals surface area contributed by atoms with Gasteiger partial charge in [0.2, 0.25) is 0 Å². The molecular formula is C7H12IN. The number of allylic oxidation sites excluding steroid dienone is 1. The van der Waals surface area contributed by atoms with Crippen LogP contribution in [0.15, 0.2) is 12.2 Å². The second-order valence-electron chi connectivity index (χ2n) is 2.72. The van der Waals surface area contributed by atoms with Gasteiger partial charge in [0.25, 0.3) is 0 Å². The predicted octanol–water partition coefficient (Wildman–Crippen LogP) is 1.73. The summed E-state index contributed by atoms with van der Waals surface area (Å²) in [6.45, 7) is 4.44. The van der Waals surface area contributed by atoms with Crippen LogP contribution in [-0.4, -0.2) is 16.5 Å². The van der Waals surface area contributed by atoms with Gasteiger partial charge < -0.3 is 5.32 Å². The molecule has 0 aromatic carbocycles. The lowest BCUT2D eigenvalue weighted by Gasteiger charge is -2.18. The third kappa shape index (κ3) is 2.67. The lowest BCUT2D eigenvalue weighted by atomic mass is 10.1. The van der Waals surface area contributed by atoms with Gasteiger partial charge in [-0.3, -0.25) is 0 Å². The largest absolute Gasteiger partial charge is 0.312 e. The molecule has 0 saturated carbocycles. The molecule has 0 aromatic rings. The minimum absolute atomic E-state index is 0.435. The molecule has 0 saturated heterocycles. The van der Waals surface area contributed by atoms with Crippen molar-refractivity contribution >= 4 is 22.6 Å². The zero-order valence-electron chi connectivity index (χ0n) is 5.65. The first-order chi connectivity index (χ1) is 4.21. The van der Waals surface area contributed by atoms with Crippen LogP contribution in [-0.2, 0) is 0 Å². The molecular weight excluding hydrogens is 225 g/mol. The fourth-order valence-corrected chi connectivity index (χ4v) is 1.42. The van der Waals surface area contributed by atoms with Gasteiger partial charge in [0.1, 0.15) is 0 Å². The van der Waals surface area contributed by atoms with Gasteiger partial charge in [-0.05, 0) is 13.3 Å². The molecule has 1 rings (SSSR count). The second-order valence-corrected chi connectivity index (χ2v) is 5.32. The van der Waals surface area contributed by atoms with Crippen LogP contribution in [0.5, 0.6) is 0 Å². The van der Waals surface area contributed by atoms with Crippen molar-refractivity contribution in [3.05, 3.63) is 12.2 Å². The van der Waals surface area contributed by atoms with Gasteiger partial charge in [-0.1, -0.05) is 34.7 Å². The van der Waals surface area contributed by atoms with E-state index in [0.29, 0.717) is 3.42 Å². The summed E-state index contributed by atoms with van der Waals surface area (Å²) < 4.78 is 0.435. The first-order valence-electron chi connectivity index (χ1n) is 3.25.